The zero-order valence-electron chi connectivity index (χ0n) is 22.2. The van der Waals surface area contributed by atoms with E-state index in [9.17, 15) is 4.79 Å². The number of fused-ring (bicyclic) bond motifs is 1. The van der Waals surface area contributed by atoms with E-state index >= 15 is 0 Å². The van der Waals surface area contributed by atoms with Crippen molar-refractivity contribution in [3.05, 3.63) is 77.8 Å². The maximum Gasteiger partial charge on any atom is 0.255 e. The first-order valence-corrected chi connectivity index (χ1v) is 12.1. The van der Waals surface area contributed by atoms with Gasteiger partial charge in [-0.05, 0) is 48.9 Å². The first-order chi connectivity index (χ1) is 19.0. The summed E-state index contributed by atoms with van der Waals surface area (Å²) in [5, 5.41) is 11.0. The summed E-state index contributed by atoms with van der Waals surface area (Å²) in [7, 11) is 6.23. The Hall–Kier alpha value is -5.06. The Balaban J connectivity index is 1.68. The van der Waals surface area contributed by atoms with Crippen LogP contribution in [0, 0.1) is 0 Å². The number of benzene rings is 2. The fourth-order valence-electron chi connectivity index (χ4n) is 4.53. The summed E-state index contributed by atoms with van der Waals surface area (Å²) in [5.41, 5.74) is 3.06. The number of carbonyl (C=O) groups is 1. The Kier molecular flexibility index (Phi) is 7.04. The Bertz CT molecular complexity index is 1520. The van der Waals surface area contributed by atoms with Crippen molar-refractivity contribution in [2.45, 2.75) is 13.0 Å². The van der Waals surface area contributed by atoms with Crippen molar-refractivity contribution < 1.29 is 23.7 Å². The molecule has 200 valence electrons. The molecule has 2 aromatic heterocycles. The minimum absolute atomic E-state index is 0.323. The number of pyridine rings is 1. The molecule has 2 N–H and O–H groups in total. The molecule has 11 heteroatoms. The Labute approximate surface area is 225 Å². The summed E-state index contributed by atoms with van der Waals surface area (Å²) in [4.78, 5) is 22.6. The number of nitrogens with one attached hydrogen (secondary N) is 2. The molecular formula is C28H28N6O5. The van der Waals surface area contributed by atoms with Crippen LogP contribution in [0.25, 0.3) is 11.4 Å². The van der Waals surface area contributed by atoms with Crippen LogP contribution in [0.3, 0.4) is 0 Å². The lowest BCUT2D eigenvalue weighted by Gasteiger charge is -2.29. The van der Waals surface area contributed by atoms with Crippen LogP contribution in [-0.2, 0) is 4.79 Å². The highest BCUT2D eigenvalue weighted by Gasteiger charge is 2.36. The molecule has 0 aliphatic carbocycles. The number of rotatable bonds is 8. The number of nitrogens with zero attached hydrogens (tertiary/aromatic N) is 4. The molecule has 1 aliphatic rings. The molecule has 1 aliphatic heterocycles. The van der Waals surface area contributed by atoms with E-state index in [0.717, 1.165) is 5.56 Å². The Morgan fingerprint density at radius 1 is 0.974 bits per heavy atom. The Morgan fingerprint density at radius 2 is 1.74 bits per heavy atom. The number of ether oxygens (including phenoxy) is 4. The molecule has 3 heterocycles. The van der Waals surface area contributed by atoms with Crippen molar-refractivity contribution in [3.63, 3.8) is 0 Å². The zero-order chi connectivity index (χ0) is 27.5. The van der Waals surface area contributed by atoms with E-state index < -0.39 is 6.04 Å². The van der Waals surface area contributed by atoms with Gasteiger partial charge in [-0.1, -0.05) is 12.1 Å². The van der Waals surface area contributed by atoms with Crippen molar-refractivity contribution in [2.75, 3.05) is 39.1 Å². The first-order valence-electron chi connectivity index (χ1n) is 12.1. The number of hydrogen-bond donors (Lipinski definition) is 2. The molecule has 1 unspecified atom stereocenters. The maximum absolute atomic E-state index is 13.8. The molecule has 0 bridgehead atoms. The van der Waals surface area contributed by atoms with Crippen molar-refractivity contribution in [2.24, 2.45) is 0 Å². The highest BCUT2D eigenvalue weighted by molar-refractivity contribution is 6.06. The molecule has 0 saturated heterocycles. The van der Waals surface area contributed by atoms with Crippen LogP contribution in [0.5, 0.6) is 23.0 Å². The number of methoxy groups -OCH3 is 4. The van der Waals surface area contributed by atoms with Crippen molar-refractivity contribution in [1.82, 2.24) is 19.7 Å². The van der Waals surface area contributed by atoms with Crippen LogP contribution >= 0.6 is 0 Å². The van der Waals surface area contributed by atoms with Gasteiger partial charge >= 0.3 is 0 Å². The van der Waals surface area contributed by atoms with Gasteiger partial charge in [-0.2, -0.15) is 4.98 Å². The molecule has 2 aromatic carbocycles. The minimum atomic E-state index is -0.682. The van der Waals surface area contributed by atoms with E-state index in [1.807, 2.05) is 31.2 Å². The maximum atomic E-state index is 13.8. The molecule has 5 rings (SSSR count). The first kappa shape index (κ1) is 25.6. The number of amides is 1. The van der Waals surface area contributed by atoms with E-state index in [-0.39, 0.29) is 5.91 Å². The molecule has 0 radical (unpaired) electrons. The number of aromatic nitrogens is 4. The normalized spacial score (nSPS) is 14.2. The van der Waals surface area contributed by atoms with Crippen LogP contribution in [0.1, 0.15) is 18.5 Å². The van der Waals surface area contributed by atoms with Crippen LogP contribution < -0.4 is 29.6 Å². The minimum Gasteiger partial charge on any atom is -0.497 e. The number of anilines is 2. The van der Waals surface area contributed by atoms with Gasteiger partial charge in [0, 0.05) is 17.5 Å². The van der Waals surface area contributed by atoms with Crippen molar-refractivity contribution >= 4 is 17.5 Å². The van der Waals surface area contributed by atoms with Gasteiger partial charge in [0.15, 0.2) is 17.3 Å². The van der Waals surface area contributed by atoms with Gasteiger partial charge in [-0.15, -0.1) is 5.10 Å². The molecule has 1 amide bonds. The SMILES string of the molecule is COc1cccc(-c2nc3n(n2)C(c2cc(OC)c(OC)c(OC)c2)C(C(=O)Nc2cccnc2)=C(C)N3)c1. The molecular weight excluding hydrogens is 500 g/mol. The number of hydrogen-bond acceptors (Lipinski definition) is 9. The lowest BCUT2D eigenvalue weighted by atomic mass is 9.94. The monoisotopic (exact) mass is 528 g/mol. The summed E-state index contributed by atoms with van der Waals surface area (Å²) in [6.45, 7) is 1.83. The number of carbonyl (C=O) groups excluding carboxylic acids is 1. The smallest absolute Gasteiger partial charge is 0.255 e. The largest absolute Gasteiger partial charge is 0.497 e. The average molecular weight is 529 g/mol. The second-order valence-electron chi connectivity index (χ2n) is 8.66. The average Bonchev–Trinajstić information content (AvgIpc) is 3.39. The van der Waals surface area contributed by atoms with E-state index in [4.69, 9.17) is 29.0 Å². The fraction of sp³-hybridized carbons (Fsp3) is 0.214. The summed E-state index contributed by atoms with van der Waals surface area (Å²) in [5.74, 6) is 2.64. The van der Waals surface area contributed by atoms with E-state index in [1.54, 1.807) is 62.7 Å². The van der Waals surface area contributed by atoms with E-state index in [2.05, 4.69) is 15.6 Å². The molecule has 0 fully saturated rings. The second kappa shape index (κ2) is 10.7. The van der Waals surface area contributed by atoms with Gasteiger partial charge in [0.05, 0.1) is 45.9 Å². The zero-order valence-corrected chi connectivity index (χ0v) is 22.2. The molecule has 11 nitrogen and oxygen atoms in total. The van der Waals surface area contributed by atoms with E-state index in [0.29, 0.717) is 57.3 Å². The quantitative estimate of drug-likeness (QED) is 0.345. The van der Waals surface area contributed by atoms with E-state index in [1.165, 1.54) is 7.11 Å². The molecule has 1 atom stereocenters. The third-order valence-corrected chi connectivity index (χ3v) is 6.35. The summed E-state index contributed by atoms with van der Waals surface area (Å²) >= 11 is 0. The van der Waals surface area contributed by atoms with Crippen LogP contribution in [0.2, 0.25) is 0 Å². The molecule has 0 spiro atoms. The topological polar surface area (TPSA) is 122 Å². The fourth-order valence-corrected chi connectivity index (χ4v) is 4.53. The second-order valence-corrected chi connectivity index (χ2v) is 8.66. The molecule has 4 aromatic rings. The summed E-state index contributed by atoms with van der Waals surface area (Å²) in [6, 6.07) is 13.9. The highest BCUT2D eigenvalue weighted by Crippen LogP contribution is 2.44. The standard InChI is InChI=1S/C28H28N6O5/c1-16-23(27(35)31-19-9-7-11-29-15-19)24(18-13-21(37-3)25(39-5)22(14-18)38-4)34-28(30-16)32-26(33-34)17-8-6-10-20(12-17)36-2/h6-15,24H,1-5H3,(H,31,35)(H,30,32,33). The third-order valence-electron chi connectivity index (χ3n) is 6.35. The van der Waals surface area contributed by atoms with Gasteiger partial charge in [0.1, 0.15) is 11.8 Å². The van der Waals surface area contributed by atoms with Gasteiger partial charge in [-0.25, -0.2) is 4.68 Å². The summed E-state index contributed by atoms with van der Waals surface area (Å²) < 4.78 is 23.8. The van der Waals surface area contributed by atoms with Crippen LogP contribution in [-0.4, -0.2) is 54.1 Å². The third kappa shape index (κ3) is 4.81. The predicted octanol–water partition coefficient (Wildman–Crippen LogP) is 4.30. The van der Waals surface area contributed by atoms with Gasteiger partial charge in [0.2, 0.25) is 11.7 Å². The van der Waals surface area contributed by atoms with Crippen LogP contribution in [0.15, 0.2) is 72.2 Å². The van der Waals surface area contributed by atoms with Crippen molar-refractivity contribution in [1.29, 1.82) is 0 Å². The molecule has 0 saturated carbocycles. The highest BCUT2D eigenvalue weighted by atomic mass is 16.5. The van der Waals surface area contributed by atoms with Crippen LogP contribution in [0.4, 0.5) is 11.6 Å². The predicted molar refractivity (Wildman–Crippen MR) is 145 cm³/mol. The lowest BCUT2D eigenvalue weighted by Crippen LogP contribution is -2.31. The van der Waals surface area contributed by atoms with Gasteiger partial charge in [-0.3, -0.25) is 9.78 Å². The van der Waals surface area contributed by atoms with Gasteiger partial charge < -0.3 is 29.6 Å². The number of allylic oxidation sites excluding steroid dienone is 1. The van der Waals surface area contributed by atoms with Crippen molar-refractivity contribution in [3.8, 4) is 34.4 Å². The molecule has 39 heavy (non-hydrogen) atoms. The van der Waals surface area contributed by atoms with Gasteiger partial charge in [0.25, 0.3) is 5.91 Å². The summed E-state index contributed by atoms with van der Waals surface area (Å²) in [6.07, 6.45) is 3.23. The Morgan fingerprint density at radius 3 is 2.38 bits per heavy atom. The lowest BCUT2D eigenvalue weighted by molar-refractivity contribution is -0.113.